The standard InChI is InChI=1S/C34H45N5O3S/c40-33-12-10-26-9-11-28(42-23-5-2-16-35-17-18-36-30-7-6-8-32-29(30)15-24-43-32)25-31(26)39(33)34(41)38-21-13-27(14-22-38)37-19-3-1-4-20-37/h6-7,9-12,15,25,27,32,35H,1-5,8,13-14,16-24H2. The summed E-state index contributed by atoms with van der Waals surface area (Å²) in [5, 5.41) is 4.96. The Morgan fingerprint density at radius 1 is 1.02 bits per heavy atom. The van der Waals surface area contributed by atoms with Gasteiger partial charge < -0.3 is 19.9 Å². The van der Waals surface area contributed by atoms with E-state index in [1.54, 1.807) is 6.07 Å². The quantitative estimate of drug-likeness (QED) is 0.381. The molecule has 1 aliphatic carbocycles. The highest BCUT2D eigenvalue weighted by atomic mass is 32.2. The highest BCUT2D eigenvalue weighted by molar-refractivity contribution is 8.00. The number of hydrogen-bond acceptors (Lipinski definition) is 7. The zero-order chi connectivity index (χ0) is 29.4. The van der Waals surface area contributed by atoms with Crippen LogP contribution in [0.25, 0.3) is 10.9 Å². The minimum absolute atomic E-state index is 0.223. The number of piperidine rings is 2. The molecular formula is C34H45N5O3S. The lowest BCUT2D eigenvalue weighted by molar-refractivity contribution is 0.102. The van der Waals surface area contributed by atoms with Gasteiger partial charge in [0.15, 0.2) is 0 Å². The fourth-order valence-corrected chi connectivity index (χ4v) is 7.90. The molecule has 1 aromatic heterocycles. The van der Waals surface area contributed by atoms with E-state index in [9.17, 15) is 9.59 Å². The molecular weight excluding hydrogens is 558 g/mol. The Hall–Kier alpha value is -2.88. The number of likely N-dealkylation sites (tertiary alicyclic amines) is 2. The molecule has 9 heteroatoms. The van der Waals surface area contributed by atoms with Crippen LogP contribution in [-0.4, -0.2) is 95.6 Å². The minimum Gasteiger partial charge on any atom is -0.494 e. The molecule has 0 bridgehead atoms. The molecule has 6 rings (SSSR count). The molecule has 1 unspecified atom stereocenters. The Balaban J connectivity index is 0.959. The lowest BCUT2D eigenvalue weighted by atomic mass is 9.98. The number of amides is 1. The Bertz CT molecular complexity index is 1420. The summed E-state index contributed by atoms with van der Waals surface area (Å²) in [6.45, 7) is 6.90. The summed E-state index contributed by atoms with van der Waals surface area (Å²) in [6.07, 6.45) is 15.6. The number of ether oxygens (including phenoxy) is 1. The van der Waals surface area contributed by atoms with Crippen molar-refractivity contribution in [2.75, 3.05) is 58.2 Å². The highest BCUT2D eigenvalue weighted by Crippen LogP contribution is 2.33. The first-order chi connectivity index (χ1) is 21.2. The van der Waals surface area contributed by atoms with Crippen molar-refractivity contribution in [1.82, 2.24) is 19.7 Å². The predicted octanol–water partition coefficient (Wildman–Crippen LogP) is 5.11. The van der Waals surface area contributed by atoms with Crippen molar-refractivity contribution >= 4 is 34.4 Å². The van der Waals surface area contributed by atoms with E-state index in [0.29, 0.717) is 42.3 Å². The van der Waals surface area contributed by atoms with Crippen LogP contribution in [0.3, 0.4) is 0 Å². The number of unbranched alkanes of at least 4 members (excludes halogenated alkanes) is 1. The second kappa shape index (κ2) is 14.7. The van der Waals surface area contributed by atoms with Crippen LogP contribution in [-0.2, 0) is 0 Å². The van der Waals surface area contributed by atoms with Gasteiger partial charge in [0.05, 0.1) is 24.4 Å². The van der Waals surface area contributed by atoms with Crippen molar-refractivity contribution in [3.8, 4) is 5.75 Å². The van der Waals surface area contributed by atoms with Crippen LogP contribution < -0.4 is 15.6 Å². The number of benzene rings is 1. The fourth-order valence-electron chi connectivity index (χ4n) is 6.75. The molecule has 230 valence electrons. The molecule has 1 atom stereocenters. The topological polar surface area (TPSA) is 79.2 Å². The number of carbonyl (C=O) groups is 1. The number of fused-ring (bicyclic) bond motifs is 2. The monoisotopic (exact) mass is 603 g/mol. The van der Waals surface area contributed by atoms with Crippen molar-refractivity contribution in [2.45, 2.75) is 62.7 Å². The summed E-state index contributed by atoms with van der Waals surface area (Å²) in [7, 11) is 0. The maximum absolute atomic E-state index is 13.6. The van der Waals surface area contributed by atoms with E-state index in [1.165, 1.54) is 48.6 Å². The van der Waals surface area contributed by atoms with Gasteiger partial charge in [0.1, 0.15) is 5.75 Å². The smallest absolute Gasteiger partial charge is 0.331 e. The highest BCUT2D eigenvalue weighted by Gasteiger charge is 2.29. The summed E-state index contributed by atoms with van der Waals surface area (Å²) in [5.74, 6) is 1.79. The van der Waals surface area contributed by atoms with Crippen LogP contribution in [0.4, 0.5) is 4.79 Å². The predicted molar refractivity (Wildman–Crippen MR) is 177 cm³/mol. The van der Waals surface area contributed by atoms with Crippen LogP contribution >= 0.6 is 11.8 Å². The van der Waals surface area contributed by atoms with Crippen LogP contribution in [0.2, 0.25) is 0 Å². The van der Waals surface area contributed by atoms with Crippen molar-refractivity contribution in [3.63, 3.8) is 0 Å². The third-order valence-corrected chi connectivity index (χ3v) is 10.4. The van der Waals surface area contributed by atoms with Gasteiger partial charge in [-0.15, -0.1) is 11.8 Å². The average molecular weight is 604 g/mol. The van der Waals surface area contributed by atoms with E-state index in [-0.39, 0.29) is 11.6 Å². The van der Waals surface area contributed by atoms with Gasteiger partial charge in [-0.25, -0.2) is 9.36 Å². The second-order valence-electron chi connectivity index (χ2n) is 12.0. The maximum atomic E-state index is 13.6. The Morgan fingerprint density at radius 3 is 2.72 bits per heavy atom. The summed E-state index contributed by atoms with van der Waals surface area (Å²) in [5.41, 5.74) is 2.91. The Labute approximate surface area is 259 Å². The number of pyridine rings is 1. The van der Waals surface area contributed by atoms with Gasteiger partial charge in [-0.2, -0.15) is 0 Å². The van der Waals surface area contributed by atoms with Gasteiger partial charge in [-0.3, -0.25) is 9.79 Å². The normalized spacial score (nSPS) is 22.2. The SMILES string of the molecule is O=C(N1CCC(N2CCCCC2)CC1)n1c(=O)ccc2ccc(OCCCCNCCN=C3C=CCC4SCC=C34)cc21. The summed E-state index contributed by atoms with van der Waals surface area (Å²) >= 11 is 2.01. The van der Waals surface area contributed by atoms with E-state index in [1.807, 2.05) is 34.9 Å². The molecule has 8 nitrogen and oxygen atoms in total. The van der Waals surface area contributed by atoms with Crippen LogP contribution in [0.5, 0.6) is 5.75 Å². The van der Waals surface area contributed by atoms with Crippen molar-refractivity contribution in [2.24, 2.45) is 4.99 Å². The van der Waals surface area contributed by atoms with Crippen molar-refractivity contribution in [3.05, 3.63) is 64.5 Å². The lowest BCUT2D eigenvalue weighted by Crippen LogP contribution is -2.50. The molecule has 2 fully saturated rings. The number of thioether (sulfide) groups is 1. The zero-order valence-corrected chi connectivity index (χ0v) is 26.0. The first kappa shape index (κ1) is 30.2. The first-order valence-electron chi connectivity index (χ1n) is 16.2. The van der Waals surface area contributed by atoms with Gasteiger partial charge in [0.25, 0.3) is 5.56 Å². The average Bonchev–Trinajstić information content (AvgIpc) is 3.54. The van der Waals surface area contributed by atoms with Gasteiger partial charge in [0, 0.05) is 48.8 Å². The van der Waals surface area contributed by atoms with Crippen LogP contribution in [0.1, 0.15) is 51.4 Å². The molecule has 4 aliphatic rings. The van der Waals surface area contributed by atoms with Crippen LogP contribution in [0.15, 0.2) is 63.9 Å². The molecule has 1 N–H and O–H groups in total. The molecule has 0 spiro atoms. The summed E-state index contributed by atoms with van der Waals surface area (Å²) < 4.78 is 7.39. The molecule has 2 saturated heterocycles. The molecule has 0 saturated carbocycles. The number of nitrogens with zero attached hydrogens (tertiary/aromatic N) is 4. The third kappa shape index (κ3) is 7.44. The minimum atomic E-state index is -0.290. The summed E-state index contributed by atoms with van der Waals surface area (Å²) in [6, 6.07) is 9.31. The van der Waals surface area contributed by atoms with E-state index >= 15 is 0 Å². The molecule has 1 aromatic carbocycles. The van der Waals surface area contributed by atoms with Crippen molar-refractivity contribution in [1.29, 1.82) is 0 Å². The molecule has 43 heavy (non-hydrogen) atoms. The van der Waals surface area contributed by atoms with E-state index in [0.717, 1.165) is 68.6 Å². The van der Waals surface area contributed by atoms with Gasteiger partial charge in [0.2, 0.25) is 0 Å². The van der Waals surface area contributed by atoms with Gasteiger partial charge >= 0.3 is 6.03 Å². The number of aliphatic imine (C=N–C) groups is 1. The molecule has 2 aromatic rings. The Morgan fingerprint density at radius 2 is 1.86 bits per heavy atom. The number of hydrogen-bond donors (Lipinski definition) is 1. The molecule has 0 radical (unpaired) electrons. The largest absolute Gasteiger partial charge is 0.494 e. The number of nitrogens with one attached hydrogen (secondary N) is 1. The van der Waals surface area contributed by atoms with Gasteiger partial charge in [-0.05, 0) is 99.8 Å². The Kier molecular flexibility index (Phi) is 10.3. The molecule has 4 heterocycles. The van der Waals surface area contributed by atoms with E-state index in [2.05, 4.69) is 28.4 Å². The molecule has 3 aliphatic heterocycles. The lowest BCUT2D eigenvalue weighted by Gasteiger charge is -2.40. The van der Waals surface area contributed by atoms with Crippen LogP contribution in [0, 0.1) is 0 Å². The van der Waals surface area contributed by atoms with Crippen molar-refractivity contribution < 1.29 is 9.53 Å². The zero-order valence-electron chi connectivity index (χ0n) is 25.2. The fraction of sp³-hybridized carbons (Fsp3) is 0.559. The first-order valence-corrected chi connectivity index (χ1v) is 17.3. The second-order valence-corrected chi connectivity index (χ2v) is 13.3. The molecule has 1 amide bonds. The van der Waals surface area contributed by atoms with E-state index < -0.39 is 0 Å². The third-order valence-electron chi connectivity index (χ3n) is 9.16. The maximum Gasteiger partial charge on any atom is 0.331 e. The van der Waals surface area contributed by atoms with Gasteiger partial charge in [-0.1, -0.05) is 18.6 Å². The summed E-state index contributed by atoms with van der Waals surface area (Å²) in [4.78, 5) is 35.8. The number of rotatable bonds is 10. The number of allylic oxidation sites excluding steroid dienone is 2. The number of carbonyl (C=O) groups excluding carboxylic acids is 1. The number of aromatic nitrogens is 1. The van der Waals surface area contributed by atoms with E-state index in [4.69, 9.17) is 9.73 Å².